The standard InChI is InChI=1S/C65H52N2/c1-41-35-45-38-44-39-46(36-41)65(45)59-34-33-50(40-60(59)64(58-24-12-11-23-57(58)63(44,65)2)55-21-9-5-17-51(55)52-18-6-10-22-56(52)64)66(49-28-27-42-15-3-4-16-43(42)37-49)47-29-31-48(32-30-47)67-61-25-13-7-19-53(61)54-20-8-14-26-62(54)67/h3-34,37,40-41,44-46H,35-36,38-39H2,1-2H3/t41-,44+,45+,46-,63-,65?/m0/s1. The largest absolute Gasteiger partial charge is 0.310 e. The van der Waals surface area contributed by atoms with Crippen LogP contribution in [0.4, 0.5) is 17.1 Å². The molecule has 10 aromatic rings. The topological polar surface area (TPSA) is 8.17 Å². The Hall–Kier alpha value is -7.16. The molecule has 0 radical (unpaired) electrons. The van der Waals surface area contributed by atoms with E-state index in [0.717, 1.165) is 23.0 Å². The Kier molecular flexibility index (Phi) is 7.65. The quantitative estimate of drug-likeness (QED) is 0.171. The highest BCUT2D eigenvalue weighted by molar-refractivity contribution is 6.09. The first kappa shape index (κ1) is 38.0. The Morgan fingerprint density at radius 3 is 1.61 bits per heavy atom. The Morgan fingerprint density at radius 2 is 0.940 bits per heavy atom. The summed E-state index contributed by atoms with van der Waals surface area (Å²) in [7, 11) is 0. The van der Waals surface area contributed by atoms with Crippen LogP contribution >= 0.6 is 0 Å². The van der Waals surface area contributed by atoms with E-state index in [9.17, 15) is 0 Å². The van der Waals surface area contributed by atoms with E-state index < -0.39 is 5.41 Å². The Morgan fingerprint density at radius 1 is 0.418 bits per heavy atom. The van der Waals surface area contributed by atoms with E-state index in [-0.39, 0.29) is 10.8 Å². The number of hydrogen-bond donors (Lipinski definition) is 0. The third kappa shape index (κ3) is 4.67. The van der Waals surface area contributed by atoms with Crippen molar-refractivity contribution >= 4 is 49.6 Å². The molecule has 6 atom stereocenters. The molecule has 5 aliphatic carbocycles. The molecule has 2 bridgehead atoms. The first-order valence-corrected chi connectivity index (χ1v) is 24.8. The minimum absolute atomic E-state index is 0.0198. The van der Waals surface area contributed by atoms with E-state index in [0.29, 0.717) is 17.8 Å². The fourth-order valence-corrected chi connectivity index (χ4v) is 16.2. The molecule has 9 aromatic carbocycles. The van der Waals surface area contributed by atoms with E-state index in [1.807, 2.05) is 0 Å². The maximum atomic E-state index is 2.73. The van der Waals surface area contributed by atoms with Gasteiger partial charge in [0.05, 0.1) is 16.4 Å². The molecule has 1 unspecified atom stereocenters. The predicted octanol–water partition coefficient (Wildman–Crippen LogP) is 16.4. The Bertz CT molecular complexity index is 3570. The van der Waals surface area contributed by atoms with Crippen LogP contribution in [0.2, 0.25) is 0 Å². The van der Waals surface area contributed by atoms with Crippen LogP contribution < -0.4 is 4.90 Å². The lowest BCUT2D eigenvalue weighted by Crippen LogP contribution is -2.52. The molecule has 67 heavy (non-hydrogen) atoms. The van der Waals surface area contributed by atoms with Crippen LogP contribution in [0.15, 0.2) is 206 Å². The molecule has 2 heteroatoms. The second-order valence-corrected chi connectivity index (χ2v) is 21.1. The van der Waals surface area contributed by atoms with Gasteiger partial charge >= 0.3 is 0 Å². The van der Waals surface area contributed by atoms with Crippen molar-refractivity contribution in [1.82, 2.24) is 4.57 Å². The molecule has 0 amide bonds. The van der Waals surface area contributed by atoms with Crippen molar-refractivity contribution in [3.63, 3.8) is 0 Å². The fraction of sp³-hybridized carbons (Fsp3) is 0.200. The summed E-state index contributed by atoms with van der Waals surface area (Å²) >= 11 is 0. The van der Waals surface area contributed by atoms with Gasteiger partial charge in [-0.05, 0) is 165 Å². The summed E-state index contributed by atoms with van der Waals surface area (Å²) in [5, 5.41) is 5.05. The van der Waals surface area contributed by atoms with Gasteiger partial charge in [0, 0.05) is 44.4 Å². The van der Waals surface area contributed by atoms with Crippen molar-refractivity contribution in [2.75, 3.05) is 4.90 Å². The summed E-state index contributed by atoms with van der Waals surface area (Å²) in [6, 6.07) is 79.4. The Balaban J connectivity index is 1.03. The van der Waals surface area contributed by atoms with Crippen molar-refractivity contribution in [2.24, 2.45) is 23.7 Å². The molecule has 1 heterocycles. The van der Waals surface area contributed by atoms with Crippen molar-refractivity contribution in [1.29, 1.82) is 0 Å². The van der Waals surface area contributed by atoms with Gasteiger partial charge in [-0.2, -0.15) is 0 Å². The maximum absolute atomic E-state index is 2.73. The van der Waals surface area contributed by atoms with E-state index in [1.54, 1.807) is 11.1 Å². The highest BCUT2D eigenvalue weighted by atomic mass is 15.1. The highest BCUT2D eigenvalue weighted by Crippen LogP contribution is 2.79. The molecule has 0 N–H and O–H groups in total. The van der Waals surface area contributed by atoms with Crippen LogP contribution in [0.5, 0.6) is 0 Å². The van der Waals surface area contributed by atoms with Gasteiger partial charge in [-0.15, -0.1) is 0 Å². The lowest BCUT2D eigenvalue weighted by Gasteiger charge is -2.54. The third-order valence-electron chi connectivity index (χ3n) is 18.4. The molecular weight excluding hydrogens is 809 g/mol. The number of rotatable bonds is 4. The number of fused-ring (bicyclic) bond motifs is 13. The molecule has 0 saturated heterocycles. The molecule has 15 rings (SSSR count). The molecule has 2 nitrogen and oxygen atoms in total. The zero-order chi connectivity index (χ0) is 44.2. The second-order valence-electron chi connectivity index (χ2n) is 21.1. The number of benzene rings is 9. The molecular formula is C65H52N2. The monoisotopic (exact) mass is 860 g/mol. The summed E-state index contributed by atoms with van der Waals surface area (Å²) in [6.45, 7) is 5.28. The van der Waals surface area contributed by atoms with Gasteiger partial charge in [-0.3, -0.25) is 0 Å². The fourth-order valence-electron chi connectivity index (χ4n) is 16.2. The van der Waals surface area contributed by atoms with Gasteiger partial charge in [0.25, 0.3) is 0 Å². The molecule has 5 aliphatic rings. The summed E-state index contributed by atoms with van der Waals surface area (Å²) in [6.07, 6.45) is 5.28. The van der Waals surface area contributed by atoms with Crippen molar-refractivity contribution in [2.45, 2.75) is 55.8 Å². The van der Waals surface area contributed by atoms with Gasteiger partial charge < -0.3 is 9.47 Å². The molecule has 0 aliphatic heterocycles. The normalized spacial score (nSPS) is 24.6. The summed E-state index contributed by atoms with van der Waals surface area (Å²) in [5.41, 5.74) is 18.4. The van der Waals surface area contributed by atoms with Crippen molar-refractivity contribution in [3.8, 4) is 16.8 Å². The summed E-state index contributed by atoms with van der Waals surface area (Å²) in [4.78, 5) is 2.55. The third-order valence-corrected chi connectivity index (χ3v) is 18.4. The van der Waals surface area contributed by atoms with Crippen LogP contribution in [0, 0.1) is 23.7 Å². The number of nitrogens with zero attached hydrogens (tertiary/aromatic N) is 2. The zero-order valence-corrected chi connectivity index (χ0v) is 38.2. The minimum atomic E-state index is -0.493. The second kappa shape index (κ2) is 13.5. The average molecular weight is 861 g/mol. The van der Waals surface area contributed by atoms with Gasteiger partial charge in [-0.25, -0.2) is 0 Å². The number of aromatic nitrogens is 1. The molecule has 322 valence electrons. The summed E-state index contributed by atoms with van der Waals surface area (Å²) in [5.74, 6) is 2.71. The van der Waals surface area contributed by atoms with Crippen LogP contribution in [-0.4, -0.2) is 4.57 Å². The highest BCUT2D eigenvalue weighted by Gasteiger charge is 2.75. The van der Waals surface area contributed by atoms with Crippen molar-refractivity contribution < 1.29 is 0 Å². The van der Waals surface area contributed by atoms with Crippen LogP contribution in [0.25, 0.3) is 49.4 Å². The average Bonchev–Trinajstić information content (AvgIpc) is 4.02. The molecule has 3 saturated carbocycles. The predicted molar refractivity (Wildman–Crippen MR) is 277 cm³/mol. The number of para-hydroxylation sites is 2. The van der Waals surface area contributed by atoms with Crippen molar-refractivity contribution in [3.05, 3.63) is 240 Å². The SMILES string of the molecule is C[C@H]1C[C@@H]2C[C@@H]3C[C@H](C1)C21c2ccc(N(c4ccc(-n5c6ccccc6c6ccccc65)cc4)c4ccc5ccccc5c4)cc2C2(c4ccccc4-c4ccccc42)c2ccccc2[C@]31C. The first-order chi connectivity index (χ1) is 33.0. The van der Waals surface area contributed by atoms with Gasteiger partial charge in [0.1, 0.15) is 0 Å². The lowest BCUT2D eigenvalue weighted by molar-refractivity contribution is 0.0674. The van der Waals surface area contributed by atoms with Crippen LogP contribution in [-0.2, 0) is 16.2 Å². The van der Waals surface area contributed by atoms with E-state index in [4.69, 9.17) is 0 Å². The number of hydrogen-bond acceptors (Lipinski definition) is 1. The molecule has 3 fully saturated rings. The van der Waals surface area contributed by atoms with E-state index in [1.165, 1.54) is 97.3 Å². The number of anilines is 3. The van der Waals surface area contributed by atoms with E-state index >= 15 is 0 Å². The van der Waals surface area contributed by atoms with Crippen LogP contribution in [0.3, 0.4) is 0 Å². The van der Waals surface area contributed by atoms with Gasteiger partial charge in [0.2, 0.25) is 0 Å². The summed E-state index contributed by atoms with van der Waals surface area (Å²) < 4.78 is 2.43. The molecule has 2 spiro atoms. The maximum Gasteiger partial charge on any atom is 0.0720 e. The van der Waals surface area contributed by atoms with Gasteiger partial charge in [-0.1, -0.05) is 159 Å². The smallest absolute Gasteiger partial charge is 0.0720 e. The van der Waals surface area contributed by atoms with E-state index in [2.05, 4.69) is 230 Å². The Labute approximate surface area is 393 Å². The van der Waals surface area contributed by atoms with Crippen LogP contribution in [0.1, 0.15) is 72.9 Å². The van der Waals surface area contributed by atoms with Gasteiger partial charge in [0.15, 0.2) is 0 Å². The zero-order valence-electron chi connectivity index (χ0n) is 38.2. The first-order valence-electron chi connectivity index (χ1n) is 24.8. The lowest BCUT2D eigenvalue weighted by atomic mass is 9.50. The molecule has 1 aromatic heterocycles. The minimum Gasteiger partial charge on any atom is -0.310 e.